The summed E-state index contributed by atoms with van der Waals surface area (Å²) in [6, 6.07) is 1.99. The molecule has 1 aromatic rings. The number of carbonyl (C=O) groups excluding carboxylic acids is 1. The minimum absolute atomic E-state index is 0.349. The number of rotatable bonds is 2. The van der Waals surface area contributed by atoms with E-state index in [0.717, 1.165) is 22.0 Å². The minimum atomic E-state index is -0.349. The fraction of sp³-hybridized carbons (Fsp3) is 0.222. The lowest BCUT2D eigenvalue weighted by atomic mass is 10.3. The minimum Gasteiger partial charge on any atom is -0.466 e. The Morgan fingerprint density at radius 2 is 2.64 bits per heavy atom. The maximum Gasteiger partial charge on any atom is 0.330 e. The summed E-state index contributed by atoms with van der Waals surface area (Å²) in [6.45, 7) is 0.720. The van der Waals surface area contributed by atoms with Crippen molar-refractivity contribution < 1.29 is 14.4 Å². The summed E-state index contributed by atoms with van der Waals surface area (Å²) in [4.78, 5) is 16.9. The first-order chi connectivity index (χ1) is 6.79. The van der Waals surface area contributed by atoms with E-state index in [2.05, 4.69) is 10.2 Å². The van der Waals surface area contributed by atoms with E-state index in [1.807, 2.05) is 6.07 Å². The first kappa shape index (κ1) is 9.23. The van der Waals surface area contributed by atoms with Crippen LogP contribution in [0.15, 0.2) is 12.1 Å². The van der Waals surface area contributed by atoms with Crippen LogP contribution in [0.4, 0.5) is 0 Å². The van der Waals surface area contributed by atoms with Crippen molar-refractivity contribution >= 4 is 23.4 Å². The zero-order valence-electron chi connectivity index (χ0n) is 7.57. The predicted octanol–water partition coefficient (Wildman–Crippen LogP) is 1.33. The van der Waals surface area contributed by atoms with E-state index >= 15 is 0 Å². The van der Waals surface area contributed by atoms with Crippen LogP contribution in [-0.2, 0) is 16.1 Å². The molecule has 0 bridgehead atoms. The van der Waals surface area contributed by atoms with E-state index in [1.54, 1.807) is 6.08 Å². The molecule has 1 N–H and O–H groups in total. The third-order valence-electron chi connectivity index (χ3n) is 1.80. The van der Waals surface area contributed by atoms with Crippen LogP contribution in [0.3, 0.4) is 0 Å². The monoisotopic (exact) mass is 211 g/mol. The standard InChI is InChI=1S/C9H9NO3S/c1-12-8(11)3-2-7-4-6-5-10-13-9(6)14-7/h2-4,10H,5H2,1H3. The highest BCUT2D eigenvalue weighted by Gasteiger charge is 2.15. The molecular formula is C9H9NO3S. The highest BCUT2D eigenvalue weighted by Crippen LogP contribution is 2.33. The van der Waals surface area contributed by atoms with Crippen molar-refractivity contribution in [1.82, 2.24) is 5.48 Å². The average molecular weight is 211 g/mol. The second-order valence-electron chi connectivity index (χ2n) is 2.74. The predicted molar refractivity (Wildman–Crippen MR) is 52.8 cm³/mol. The highest BCUT2D eigenvalue weighted by molar-refractivity contribution is 7.14. The van der Waals surface area contributed by atoms with Crippen molar-refractivity contribution in [2.45, 2.75) is 6.54 Å². The first-order valence-corrected chi connectivity index (χ1v) is 4.89. The lowest BCUT2D eigenvalue weighted by Crippen LogP contribution is -2.07. The van der Waals surface area contributed by atoms with Crippen molar-refractivity contribution in [2.75, 3.05) is 7.11 Å². The van der Waals surface area contributed by atoms with Gasteiger partial charge in [0.15, 0.2) is 0 Å². The molecule has 0 saturated carbocycles. The van der Waals surface area contributed by atoms with Crippen LogP contribution in [0.5, 0.6) is 5.06 Å². The van der Waals surface area contributed by atoms with Crippen LogP contribution in [0.2, 0.25) is 0 Å². The molecule has 0 radical (unpaired) electrons. The number of fused-ring (bicyclic) bond motifs is 1. The summed E-state index contributed by atoms with van der Waals surface area (Å²) in [5, 5.41) is 0.870. The molecule has 1 aliphatic rings. The number of hydrogen-bond donors (Lipinski definition) is 1. The number of thiophene rings is 1. The number of nitrogens with one attached hydrogen (secondary N) is 1. The molecule has 0 aromatic carbocycles. The van der Waals surface area contributed by atoms with Gasteiger partial charge in [0.2, 0.25) is 5.06 Å². The molecule has 0 amide bonds. The maximum absolute atomic E-state index is 10.8. The third-order valence-corrected chi connectivity index (χ3v) is 2.82. The molecular weight excluding hydrogens is 202 g/mol. The first-order valence-electron chi connectivity index (χ1n) is 4.08. The summed E-state index contributed by atoms with van der Waals surface area (Å²) in [6.07, 6.45) is 3.12. The number of methoxy groups -OCH3 is 1. The fourth-order valence-corrected chi connectivity index (χ4v) is 2.04. The van der Waals surface area contributed by atoms with Crippen molar-refractivity contribution in [3.05, 3.63) is 22.6 Å². The van der Waals surface area contributed by atoms with Gasteiger partial charge < -0.3 is 9.57 Å². The van der Waals surface area contributed by atoms with Crippen LogP contribution in [-0.4, -0.2) is 13.1 Å². The summed E-state index contributed by atoms with van der Waals surface area (Å²) in [5.41, 5.74) is 3.89. The molecule has 0 unspecified atom stereocenters. The molecule has 0 aliphatic carbocycles. The fourth-order valence-electron chi connectivity index (χ4n) is 1.12. The van der Waals surface area contributed by atoms with E-state index in [4.69, 9.17) is 4.84 Å². The topological polar surface area (TPSA) is 47.6 Å². The molecule has 1 aromatic heterocycles. The SMILES string of the molecule is COC(=O)C=Cc1cc2c(s1)ONC2. The smallest absolute Gasteiger partial charge is 0.330 e. The molecule has 2 heterocycles. The van der Waals surface area contributed by atoms with Gasteiger partial charge in [-0.05, 0) is 12.1 Å². The van der Waals surface area contributed by atoms with Crippen LogP contribution >= 0.6 is 11.3 Å². The Hall–Kier alpha value is -1.33. The number of esters is 1. The van der Waals surface area contributed by atoms with Gasteiger partial charge in [-0.3, -0.25) is 0 Å². The highest BCUT2D eigenvalue weighted by atomic mass is 32.1. The molecule has 2 rings (SSSR count). The summed E-state index contributed by atoms with van der Waals surface area (Å²) < 4.78 is 4.48. The van der Waals surface area contributed by atoms with Gasteiger partial charge in [0.25, 0.3) is 0 Å². The maximum atomic E-state index is 10.8. The summed E-state index contributed by atoms with van der Waals surface area (Å²) in [5.74, 6) is -0.349. The van der Waals surface area contributed by atoms with Gasteiger partial charge >= 0.3 is 5.97 Å². The van der Waals surface area contributed by atoms with Gasteiger partial charge in [-0.25, -0.2) is 4.79 Å². The zero-order chi connectivity index (χ0) is 9.97. The lowest BCUT2D eigenvalue weighted by molar-refractivity contribution is -0.134. The molecule has 1 aliphatic heterocycles. The Morgan fingerprint density at radius 1 is 1.79 bits per heavy atom. The van der Waals surface area contributed by atoms with E-state index in [1.165, 1.54) is 24.5 Å². The van der Waals surface area contributed by atoms with Crippen LogP contribution < -0.4 is 10.3 Å². The second kappa shape index (κ2) is 3.81. The number of ether oxygens (including phenoxy) is 1. The molecule has 0 atom stereocenters. The zero-order valence-corrected chi connectivity index (χ0v) is 8.39. The van der Waals surface area contributed by atoms with E-state index in [0.29, 0.717) is 0 Å². The van der Waals surface area contributed by atoms with E-state index in [-0.39, 0.29) is 5.97 Å². The van der Waals surface area contributed by atoms with Crippen molar-refractivity contribution in [3.8, 4) is 5.06 Å². The molecule has 5 heteroatoms. The number of carbonyl (C=O) groups is 1. The molecule has 4 nitrogen and oxygen atoms in total. The average Bonchev–Trinajstić information content (AvgIpc) is 2.73. The molecule has 0 saturated heterocycles. The molecule has 74 valence electrons. The van der Waals surface area contributed by atoms with E-state index < -0.39 is 0 Å². The van der Waals surface area contributed by atoms with E-state index in [9.17, 15) is 4.79 Å². The Bertz CT molecular complexity index is 362. The quantitative estimate of drug-likeness (QED) is 0.592. The molecule has 14 heavy (non-hydrogen) atoms. The van der Waals surface area contributed by atoms with Crippen LogP contribution in [0.25, 0.3) is 6.08 Å². The molecule has 0 fully saturated rings. The summed E-state index contributed by atoms with van der Waals surface area (Å²) in [7, 11) is 1.36. The lowest BCUT2D eigenvalue weighted by Gasteiger charge is -1.91. The Kier molecular flexibility index (Phi) is 2.51. The van der Waals surface area contributed by atoms with Gasteiger partial charge in [0.1, 0.15) is 0 Å². The van der Waals surface area contributed by atoms with Crippen LogP contribution in [0, 0.1) is 0 Å². The largest absolute Gasteiger partial charge is 0.466 e. The van der Waals surface area contributed by atoms with Crippen LogP contribution in [0.1, 0.15) is 10.4 Å². The van der Waals surface area contributed by atoms with Gasteiger partial charge in [-0.2, -0.15) is 5.48 Å². The Balaban J connectivity index is 2.11. The van der Waals surface area contributed by atoms with Gasteiger partial charge in [-0.1, -0.05) is 11.3 Å². The summed E-state index contributed by atoms with van der Waals surface area (Å²) >= 11 is 1.50. The second-order valence-corrected chi connectivity index (χ2v) is 3.79. The third kappa shape index (κ3) is 1.78. The van der Waals surface area contributed by atoms with Crippen molar-refractivity contribution in [3.63, 3.8) is 0 Å². The van der Waals surface area contributed by atoms with Gasteiger partial charge in [0.05, 0.1) is 13.7 Å². The normalized spacial score (nSPS) is 14.1. The number of hydroxylamine groups is 1. The number of hydrogen-bond acceptors (Lipinski definition) is 5. The Labute approximate surface area is 85.1 Å². The van der Waals surface area contributed by atoms with Gasteiger partial charge in [0, 0.05) is 16.5 Å². The van der Waals surface area contributed by atoms with Gasteiger partial charge in [-0.15, -0.1) is 0 Å². The van der Waals surface area contributed by atoms with Crippen molar-refractivity contribution in [1.29, 1.82) is 0 Å². The Morgan fingerprint density at radius 3 is 3.36 bits per heavy atom. The van der Waals surface area contributed by atoms with Crippen molar-refractivity contribution in [2.24, 2.45) is 0 Å². The molecule has 0 spiro atoms.